The van der Waals surface area contributed by atoms with Gasteiger partial charge < -0.3 is 9.73 Å². The van der Waals surface area contributed by atoms with Crippen molar-refractivity contribution in [3.8, 4) is 10.6 Å². The van der Waals surface area contributed by atoms with Gasteiger partial charge in [0.2, 0.25) is 0 Å². The maximum absolute atomic E-state index is 12.7. The molecule has 3 aromatic heterocycles. The molecule has 0 spiro atoms. The SMILES string of the molecule is Cc1cc(-c2nc3cccnc3s2)ccc1NC(=O)c1cc(=O)c2ccccc2o1. The number of fused-ring (bicyclic) bond motifs is 2. The van der Waals surface area contributed by atoms with Gasteiger partial charge in [-0.05, 0) is 55.0 Å². The molecule has 0 saturated carbocycles. The standard InChI is InChI=1S/C23H15N3O3S/c1-13-11-14(22-26-17-6-4-10-24-23(17)30-22)8-9-16(13)25-21(28)20-12-18(27)15-5-2-3-7-19(15)29-20/h2-12H,1H3,(H,25,28). The molecule has 2 aromatic carbocycles. The van der Waals surface area contributed by atoms with Crippen molar-refractivity contribution in [1.82, 2.24) is 9.97 Å². The van der Waals surface area contributed by atoms with Crippen molar-refractivity contribution < 1.29 is 9.21 Å². The molecule has 0 aliphatic rings. The van der Waals surface area contributed by atoms with Gasteiger partial charge in [0.15, 0.2) is 11.2 Å². The van der Waals surface area contributed by atoms with E-state index in [0.717, 1.165) is 26.5 Å². The third-order valence-corrected chi connectivity index (χ3v) is 5.77. The number of rotatable bonds is 3. The van der Waals surface area contributed by atoms with E-state index in [-0.39, 0.29) is 11.2 Å². The molecule has 0 aliphatic heterocycles. The quantitative estimate of drug-likeness (QED) is 0.449. The van der Waals surface area contributed by atoms with Gasteiger partial charge in [0, 0.05) is 23.5 Å². The number of anilines is 1. The van der Waals surface area contributed by atoms with Crippen LogP contribution in [0.5, 0.6) is 0 Å². The molecule has 5 aromatic rings. The number of aromatic nitrogens is 2. The largest absolute Gasteiger partial charge is 0.451 e. The number of pyridine rings is 1. The van der Waals surface area contributed by atoms with Crippen molar-refractivity contribution in [2.75, 3.05) is 5.32 Å². The van der Waals surface area contributed by atoms with Gasteiger partial charge in [-0.15, -0.1) is 0 Å². The summed E-state index contributed by atoms with van der Waals surface area (Å²) < 4.78 is 5.62. The van der Waals surface area contributed by atoms with Crippen molar-refractivity contribution >= 4 is 44.2 Å². The van der Waals surface area contributed by atoms with Crippen molar-refractivity contribution in [3.63, 3.8) is 0 Å². The second-order valence-electron chi connectivity index (χ2n) is 6.80. The van der Waals surface area contributed by atoms with Crippen LogP contribution < -0.4 is 10.7 Å². The molecule has 1 amide bonds. The Morgan fingerprint density at radius 1 is 1.07 bits per heavy atom. The molecule has 7 heteroatoms. The number of carbonyl (C=O) groups excluding carboxylic acids is 1. The van der Waals surface area contributed by atoms with Crippen LogP contribution >= 0.6 is 11.3 Å². The van der Waals surface area contributed by atoms with Crippen LogP contribution in [0.3, 0.4) is 0 Å². The molecular formula is C23H15N3O3S. The van der Waals surface area contributed by atoms with Gasteiger partial charge in [-0.3, -0.25) is 9.59 Å². The van der Waals surface area contributed by atoms with Gasteiger partial charge >= 0.3 is 0 Å². The predicted molar refractivity (Wildman–Crippen MR) is 118 cm³/mol. The Balaban J connectivity index is 1.44. The average molecular weight is 413 g/mol. The van der Waals surface area contributed by atoms with Gasteiger partial charge in [0.1, 0.15) is 20.9 Å². The van der Waals surface area contributed by atoms with Gasteiger partial charge in [-0.25, -0.2) is 9.97 Å². The van der Waals surface area contributed by atoms with Gasteiger partial charge in [0.05, 0.1) is 5.39 Å². The first-order chi connectivity index (χ1) is 14.6. The number of benzene rings is 2. The van der Waals surface area contributed by atoms with E-state index >= 15 is 0 Å². The lowest BCUT2D eigenvalue weighted by molar-refractivity contribution is 0.0997. The molecule has 1 N–H and O–H groups in total. The summed E-state index contributed by atoms with van der Waals surface area (Å²) >= 11 is 1.52. The summed E-state index contributed by atoms with van der Waals surface area (Å²) in [7, 11) is 0. The minimum Gasteiger partial charge on any atom is -0.451 e. The Morgan fingerprint density at radius 3 is 2.77 bits per heavy atom. The molecule has 0 fully saturated rings. The smallest absolute Gasteiger partial charge is 0.291 e. The summed E-state index contributed by atoms with van der Waals surface area (Å²) in [6, 6.07) is 17.5. The third kappa shape index (κ3) is 3.25. The maximum Gasteiger partial charge on any atom is 0.291 e. The first kappa shape index (κ1) is 18.2. The molecule has 5 rings (SSSR count). The van der Waals surface area contributed by atoms with Crippen molar-refractivity contribution in [1.29, 1.82) is 0 Å². The number of aryl methyl sites for hydroxylation is 1. The number of para-hydroxylation sites is 1. The maximum atomic E-state index is 12.7. The number of nitrogens with one attached hydrogen (secondary N) is 1. The normalized spacial score (nSPS) is 11.1. The molecule has 0 saturated heterocycles. The Morgan fingerprint density at radius 2 is 1.93 bits per heavy atom. The van der Waals surface area contributed by atoms with E-state index in [2.05, 4.69) is 15.3 Å². The number of hydrogen-bond donors (Lipinski definition) is 1. The summed E-state index contributed by atoms with van der Waals surface area (Å²) in [6.45, 7) is 1.90. The zero-order chi connectivity index (χ0) is 20.7. The zero-order valence-electron chi connectivity index (χ0n) is 15.9. The first-order valence-corrected chi connectivity index (χ1v) is 10.1. The minimum atomic E-state index is -0.474. The third-order valence-electron chi connectivity index (χ3n) is 4.75. The Kier molecular flexibility index (Phi) is 4.37. The second kappa shape index (κ2) is 7.20. The van der Waals surface area contributed by atoms with Crippen LogP contribution in [0.25, 0.3) is 31.9 Å². The van der Waals surface area contributed by atoms with Crippen LogP contribution in [-0.4, -0.2) is 15.9 Å². The van der Waals surface area contributed by atoms with Crippen molar-refractivity contribution in [2.24, 2.45) is 0 Å². The molecular weight excluding hydrogens is 398 g/mol. The molecule has 3 heterocycles. The molecule has 6 nitrogen and oxygen atoms in total. The van der Waals surface area contributed by atoms with E-state index in [1.807, 2.05) is 37.3 Å². The second-order valence-corrected chi connectivity index (χ2v) is 7.78. The van der Waals surface area contributed by atoms with Crippen LogP contribution in [0, 0.1) is 6.92 Å². The number of hydrogen-bond acceptors (Lipinski definition) is 6. The highest BCUT2D eigenvalue weighted by molar-refractivity contribution is 7.21. The van der Waals surface area contributed by atoms with E-state index < -0.39 is 5.91 Å². The summed E-state index contributed by atoms with van der Waals surface area (Å²) in [5.41, 5.74) is 3.45. The summed E-state index contributed by atoms with van der Waals surface area (Å²) in [6.07, 6.45) is 1.75. The summed E-state index contributed by atoms with van der Waals surface area (Å²) in [5, 5.41) is 4.13. The zero-order valence-corrected chi connectivity index (χ0v) is 16.7. The van der Waals surface area contributed by atoms with E-state index in [4.69, 9.17) is 4.42 Å². The molecule has 0 aliphatic carbocycles. The molecule has 146 valence electrons. The van der Waals surface area contributed by atoms with Gasteiger partial charge in [0.25, 0.3) is 5.91 Å². The van der Waals surface area contributed by atoms with E-state index in [0.29, 0.717) is 16.7 Å². The number of nitrogens with zero attached hydrogens (tertiary/aromatic N) is 2. The molecule has 0 atom stereocenters. The fourth-order valence-corrected chi connectivity index (χ4v) is 4.13. The number of carbonyl (C=O) groups is 1. The molecule has 0 unspecified atom stereocenters. The van der Waals surface area contributed by atoms with Crippen LogP contribution in [0.1, 0.15) is 16.1 Å². The van der Waals surface area contributed by atoms with E-state index in [1.54, 1.807) is 30.5 Å². The lowest BCUT2D eigenvalue weighted by Crippen LogP contribution is -2.15. The summed E-state index contributed by atoms with van der Waals surface area (Å²) in [5.74, 6) is -0.502. The van der Waals surface area contributed by atoms with Crippen LogP contribution in [0.2, 0.25) is 0 Å². The molecule has 30 heavy (non-hydrogen) atoms. The fourth-order valence-electron chi connectivity index (χ4n) is 3.23. The topological polar surface area (TPSA) is 85.1 Å². The predicted octanol–water partition coefficient (Wildman–Crippen LogP) is 5.03. The highest BCUT2D eigenvalue weighted by Gasteiger charge is 2.14. The number of amides is 1. The molecule has 0 bridgehead atoms. The first-order valence-electron chi connectivity index (χ1n) is 9.25. The molecule has 0 radical (unpaired) electrons. The van der Waals surface area contributed by atoms with Crippen LogP contribution in [0.4, 0.5) is 5.69 Å². The Bertz CT molecular complexity index is 1450. The fraction of sp³-hybridized carbons (Fsp3) is 0.0435. The minimum absolute atomic E-state index is 0.0283. The Hall–Kier alpha value is -3.84. The highest BCUT2D eigenvalue weighted by Crippen LogP contribution is 2.31. The van der Waals surface area contributed by atoms with E-state index in [9.17, 15) is 9.59 Å². The number of thiazole rings is 1. The van der Waals surface area contributed by atoms with E-state index in [1.165, 1.54) is 17.4 Å². The van der Waals surface area contributed by atoms with Crippen molar-refractivity contribution in [2.45, 2.75) is 6.92 Å². The van der Waals surface area contributed by atoms with Gasteiger partial charge in [-0.1, -0.05) is 23.5 Å². The van der Waals surface area contributed by atoms with Crippen LogP contribution in [0.15, 0.2) is 76.1 Å². The monoisotopic (exact) mass is 413 g/mol. The average Bonchev–Trinajstić information content (AvgIpc) is 3.19. The highest BCUT2D eigenvalue weighted by atomic mass is 32.1. The van der Waals surface area contributed by atoms with Crippen LogP contribution in [-0.2, 0) is 0 Å². The van der Waals surface area contributed by atoms with Crippen molar-refractivity contribution in [3.05, 3.63) is 88.4 Å². The van der Waals surface area contributed by atoms with Gasteiger partial charge in [-0.2, -0.15) is 0 Å². The summed E-state index contributed by atoms with van der Waals surface area (Å²) in [4.78, 5) is 34.8. The Labute approximate surface area is 174 Å². The lowest BCUT2D eigenvalue weighted by Gasteiger charge is -2.09. The lowest BCUT2D eigenvalue weighted by atomic mass is 10.1.